The second-order valence-electron chi connectivity index (χ2n) is 7.19. The number of carboxylic acid groups (broad SMARTS) is 1. The van der Waals surface area contributed by atoms with Crippen molar-refractivity contribution < 1.29 is 37.3 Å². The van der Waals surface area contributed by atoms with Crippen molar-refractivity contribution >= 4 is 11.9 Å². The first kappa shape index (κ1) is 21.0. The van der Waals surface area contributed by atoms with Crippen molar-refractivity contribution in [1.82, 2.24) is 4.90 Å². The zero-order valence-electron chi connectivity index (χ0n) is 15.3. The number of likely N-dealkylation sites (tertiary alicyclic amines) is 1. The van der Waals surface area contributed by atoms with Gasteiger partial charge < -0.3 is 19.5 Å². The zero-order chi connectivity index (χ0) is 20.5. The van der Waals surface area contributed by atoms with Crippen LogP contribution in [0.2, 0.25) is 0 Å². The van der Waals surface area contributed by atoms with Crippen LogP contribution in [0.4, 0.5) is 13.2 Å². The maximum Gasteiger partial charge on any atom is 0.573 e. The highest BCUT2D eigenvalue weighted by Gasteiger charge is 2.48. The Balaban J connectivity index is 2.16. The number of carbonyl (C=O) groups is 2. The normalized spacial score (nSPS) is 20.6. The van der Waals surface area contributed by atoms with Gasteiger partial charge in [0.15, 0.2) is 0 Å². The van der Waals surface area contributed by atoms with Gasteiger partial charge >= 0.3 is 12.3 Å². The third kappa shape index (κ3) is 4.52. The van der Waals surface area contributed by atoms with Crippen molar-refractivity contribution in [3.8, 4) is 5.75 Å². The lowest BCUT2D eigenvalue weighted by Crippen LogP contribution is -2.45. The molecule has 1 unspecified atom stereocenters. The second-order valence-corrected chi connectivity index (χ2v) is 7.19. The lowest BCUT2D eigenvalue weighted by atomic mass is 9.83. The molecule has 0 saturated carbocycles. The van der Waals surface area contributed by atoms with Crippen LogP contribution in [0.15, 0.2) is 24.3 Å². The summed E-state index contributed by atoms with van der Waals surface area (Å²) in [7, 11) is 1.41. The van der Waals surface area contributed by atoms with E-state index in [-0.39, 0.29) is 37.8 Å². The highest BCUT2D eigenvalue weighted by Crippen LogP contribution is 2.35. The molecule has 2 rings (SSSR count). The predicted octanol–water partition coefficient (Wildman–Crippen LogP) is 2.81. The molecule has 0 spiro atoms. The summed E-state index contributed by atoms with van der Waals surface area (Å²) >= 11 is 0. The third-order valence-corrected chi connectivity index (χ3v) is 4.86. The van der Waals surface area contributed by atoms with Gasteiger partial charge in [0, 0.05) is 20.2 Å². The molecule has 150 valence electrons. The van der Waals surface area contributed by atoms with E-state index in [9.17, 15) is 27.9 Å². The quantitative estimate of drug-likeness (QED) is 0.810. The van der Waals surface area contributed by atoms with Gasteiger partial charge in [-0.2, -0.15) is 0 Å². The highest BCUT2D eigenvalue weighted by atomic mass is 19.4. The zero-order valence-corrected chi connectivity index (χ0v) is 15.3. The van der Waals surface area contributed by atoms with E-state index in [0.29, 0.717) is 5.56 Å². The smallest absolute Gasteiger partial charge is 0.481 e. The minimum atomic E-state index is -4.79. The number of hydrogen-bond acceptors (Lipinski definition) is 4. The molecular formula is C18H22F3NO5. The van der Waals surface area contributed by atoms with Crippen molar-refractivity contribution in [1.29, 1.82) is 0 Å². The molecule has 1 heterocycles. The standard InChI is InChI=1S/C18H22F3NO5/c1-16(2,12-4-6-13(7-5-12)27-18(19,20)21)14(23)22-9-8-17(10-22,11-26-3)15(24)25/h4-7H,8-11H2,1-3H3,(H,24,25). The molecule has 27 heavy (non-hydrogen) atoms. The second kappa shape index (κ2) is 7.38. The van der Waals surface area contributed by atoms with Crippen LogP contribution in [-0.2, 0) is 19.7 Å². The summed E-state index contributed by atoms with van der Waals surface area (Å²) in [4.78, 5) is 26.1. The van der Waals surface area contributed by atoms with Crippen LogP contribution in [0.5, 0.6) is 5.75 Å². The molecule has 9 heteroatoms. The number of methoxy groups -OCH3 is 1. The number of nitrogens with zero attached hydrogens (tertiary/aromatic N) is 1. The third-order valence-electron chi connectivity index (χ3n) is 4.86. The Kier molecular flexibility index (Phi) is 5.74. The van der Waals surface area contributed by atoms with Gasteiger partial charge in [-0.15, -0.1) is 13.2 Å². The number of hydrogen-bond donors (Lipinski definition) is 1. The first-order valence-electron chi connectivity index (χ1n) is 8.29. The summed E-state index contributed by atoms with van der Waals surface area (Å²) in [5.41, 5.74) is -1.69. The Morgan fingerprint density at radius 3 is 2.30 bits per heavy atom. The topological polar surface area (TPSA) is 76.1 Å². The van der Waals surface area contributed by atoms with E-state index in [1.165, 1.54) is 24.1 Å². The Morgan fingerprint density at radius 1 is 1.22 bits per heavy atom. The number of aliphatic carboxylic acids is 1. The van der Waals surface area contributed by atoms with Gasteiger partial charge in [0.1, 0.15) is 11.2 Å². The Bertz CT molecular complexity index is 702. The molecule has 1 atom stereocenters. The molecule has 1 fully saturated rings. The highest BCUT2D eigenvalue weighted by molar-refractivity contribution is 5.89. The number of alkyl halides is 3. The molecule has 1 aromatic carbocycles. The number of ether oxygens (including phenoxy) is 2. The molecule has 0 radical (unpaired) electrons. The SMILES string of the molecule is COCC1(C(=O)O)CCN(C(=O)C(C)(C)c2ccc(OC(F)(F)F)cc2)C1. The molecule has 1 saturated heterocycles. The lowest BCUT2D eigenvalue weighted by Gasteiger charge is -2.31. The monoisotopic (exact) mass is 389 g/mol. The number of amides is 1. The molecule has 6 nitrogen and oxygen atoms in total. The summed E-state index contributed by atoms with van der Waals surface area (Å²) in [6.45, 7) is 3.58. The molecule has 1 aliphatic heterocycles. The largest absolute Gasteiger partial charge is 0.573 e. The van der Waals surface area contributed by atoms with Crippen LogP contribution in [-0.4, -0.2) is 55.1 Å². The van der Waals surface area contributed by atoms with Gasteiger partial charge in [-0.25, -0.2) is 0 Å². The molecule has 1 aromatic rings. The molecule has 0 bridgehead atoms. The summed E-state index contributed by atoms with van der Waals surface area (Å²) in [6, 6.07) is 5.09. The van der Waals surface area contributed by atoms with Gasteiger partial charge in [-0.3, -0.25) is 9.59 Å². The van der Waals surface area contributed by atoms with Crippen molar-refractivity contribution in [2.45, 2.75) is 32.0 Å². The Morgan fingerprint density at radius 2 is 1.81 bits per heavy atom. The molecular weight excluding hydrogens is 367 g/mol. The van der Waals surface area contributed by atoms with Gasteiger partial charge in [-0.05, 0) is 38.0 Å². The van der Waals surface area contributed by atoms with Crippen LogP contribution in [0, 0.1) is 5.41 Å². The van der Waals surface area contributed by atoms with Crippen LogP contribution >= 0.6 is 0 Å². The number of carboxylic acids is 1. The first-order valence-corrected chi connectivity index (χ1v) is 8.29. The fourth-order valence-corrected chi connectivity index (χ4v) is 3.27. The van der Waals surface area contributed by atoms with E-state index >= 15 is 0 Å². The Hall–Kier alpha value is -2.29. The Labute approximate surface area is 154 Å². The van der Waals surface area contributed by atoms with Gasteiger partial charge in [0.25, 0.3) is 0 Å². The first-order chi connectivity index (χ1) is 12.4. The maximum absolute atomic E-state index is 13.0. The van der Waals surface area contributed by atoms with E-state index in [4.69, 9.17) is 4.74 Å². The van der Waals surface area contributed by atoms with E-state index in [0.717, 1.165) is 12.1 Å². The van der Waals surface area contributed by atoms with Gasteiger partial charge in [0.05, 0.1) is 12.0 Å². The van der Waals surface area contributed by atoms with Crippen LogP contribution in [0.1, 0.15) is 25.8 Å². The summed E-state index contributed by atoms with van der Waals surface area (Å²) in [5, 5.41) is 9.51. The molecule has 1 amide bonds. The van der Waals surface area contributed by atoms with Gasteiger partial charge in [0.2, 0.25) is 5.91 Å². The fourth-order valence-electron chi connectivity index (χ4n) is 3.27. The number of benzene rings is 1. The van der Waals surface area contributed by atoms with E-state index < -0.39 is 23.2 Å². The van der Waals surface area contributed by atoms with Crippen LogP contribution in [0.3, 0.4) is 0 Å². The van der Waals surface area contributed by atoms with Crippen LogP contribution in [0.25, 0.3) is 0 Å². The van der Waals surface area contributed by atoms with Crippen molar-refractivity contribution in [3.63, 3.8) is 0 Å². The lowest BCUT2D eigenvalue weighted by molar-refractivity contribution is -0.274. The average Bonchev–Trinajstić information content (AvgIpc) is 2.99. The molecule has 0 aliphatic carbocycles. The van der Waals surface area contributed by atoms with E-state index in [1.54, 1.807) is 13.8 Å². The van der Waals surface area contributed by atoms with Crippen molar-refractivity contribution in [2.24, 2.45) is 5.41 Å². The number of carbonyl (C=O) groups excluding carboxylic acids is 1. The minimum Gasteiger partial charge on any atom is -0.481 e. The van der Waals surface area contributed by atoms with E-state index in [2.05, 4.69) is 4.74 Å². The number of halogens is 3. The minimum absolute atomic E-state index is 0.00395. The van der Waals surface area contributed by atoms with Crippen molar-refractivity contribution in [3.05, 3.63) is 29.8 Å². The molecule has 1 aliphatic rings. The van der Waals surface area contributed by atoms with Crippen molar-refractivity contribution in [2.75, 3.05) is 26.8 Å². The fraction of sp³-hybridized carbons (Fsp3) is 0.556. The number of rotatable bonds is 6. The van der Waals surface area contributed by atoms with Gasteiger partial charge in [-0.1, -0.05) is 12.1 Å². The summed E-state index contributed by atoms with van der Waals surface area (Å²) < 4.78 is 45.7. The molecule has 0 aromatic heterocycles. The van der Waals surface area contributed by atoms with E-state index in [1.807, 2.05) is 0 Å². The average molecular weight is 389 g/mol. The van der Waals surface area contributed by atoms with Crippen LogP contribution < -0.4 is 4.74 Å². The summed E-state index contributed by atoms with van der Waals surface area (Å²) in [6.07, 6.45) is -4.51. The summed E-state index contributed by atoms with van der Waals surface area (Å²) in [5.74, 6) is -1.70. The molecule has 1 N–H and O–H groups in total. The predicted molar refractivity (Wildman–Crippen MR) is 89.3 cm³/mol. The maximum atomic E-state index is 13.0.